The van der Waals surface area contributed by atoms with Crippen LogP contribution in [0.25, 0.3) is 5.57 Å². The number of amides is 2. The van der Waals surface area contributed by atoms with Gasteiger partial charge in [-0.15, -0.1) is 0 Å². The van der Waals surface area contributed by atoms with Crippen molar-refractivity contribution in [2.24, 2.45) is 0 Å². The zero-order valence-electron chi connectivity index (χ0n) is 16.7. The van der Waals surface area contributed by atoms with Crippen LogP contribution in [-0.4, -0.2) is 11.8 Å². The summed E-state index contributed by atoms with van der Waals surface area (Å²) in [6.07, 6.45) is 0. The van der Waals surface area contributed by atoms with Crippen molar-refractivity contribution in [1.82, 2.24) is 0 Å². The number of benzene rings is 3. The second kappa shape index (κ2) is 7.96. The van der Waals surface area contributed by atoms with Crippen molar-refractivity contribution in [1.29, 1.82) is 0 Å². The highest BCUT2D eigenvalue weighted by Crippen LogP contribution is 2.36. The summed E-state index contributed by atoms with van der Waals surface area (Å²) in [5.41, 5.74) is 2.97. The molecule has 4 rings (SSSR count). The molecule has 7 heteroatoms. The molecule has 4 nitrogen and oxygen atoms in total. The number of anilines is 2. The van der Waals surface area contributed by atoms with E-state index >= 15 is 0 Å². The summed E-state index contributed by atoms with van der Waals surface area (Å²) in [5.74, 6) is -2.38. The maximum absolute atomic E-state index is 13.7. The first-order valence-corrected chi connectivity index (χ1v) is 9.82. The van der Waals surface area contributed by atoms with E-state index in [1.165, 1.54) is 30.3 Å². The summed E-state index contributed by atoms with van der Waals surface area (Å²) in [6, 6.07) is 14.7. The van der Waals surface area contributed by atoms with E-state index in [4.69, 9.17) is 11.6 Å². The van der Waals surface area contributed by atoms with Crippen LogP contribution < -0.4 is 10.2 Å². The van der Waals surface area contributed by atoms with Crippen molar-refractivity contribution in [2.45, 2.75) is 13.8 Å². The maximum Gasteiger partial charge on any atom is 0.282 e. The van der Waals surface area contributed by atoms with E-state index in [0.717, 1.165) is 22.1 Å². The first-order valence-electron chi connectivity index (χ1n) is 9.44. The Morgan fingerprint density at radius 2 is 1.68 bits per heavy atom. The Bertz CT molecular complexity index is 1270. The second-order valence-electron chi connectivity index (χ2n) is 7.25. The van der Waals surface area contributed by atoms with E-state index in [9.17, 15) is 18.4 Å². The van der Waals surface area contributed by atoms with Crippen molar-refractivity contribution in [3.8, 4) is 0 Å². The van der Waals surface area contributed by atoms with E-state index in [1.54, 1.807) is 12.1 Å². The summed E-state index contributed by atoms with van der Waals surface area (Å²) < 4.78 is 27.3. The monoisotopic (exact) mass is 438 g/mol. The molecule has 3 aromatic rings. The molecular weight excluding hydrogens is 422 g/mol. The molecule has 0 aromatic heterocycles. The molecular formula is C24H17ClF2N2O2. The molecule has 0 atom stereocenters. The van der Waals surface area contributed by atoms with Gasteiger partial charge in [0.05, 0.1) is 16.3 Å². The molecule has 0 radical (unpaired) electrons. The number of aryl methyl sites for hydroxylation is 2. The van der Waals surface area contributed by atoms with Gasteiger partial charge in [-0.1, -0.05) is 41.4 Å². The van der Waals surface area contributed by atoms with Gasteiger partial charge < -0.3 is 5.32 Å². The molecule has 1 aliphatic heterocycles. The quantitative estimate of drug-likeness (QED) is 0.537. The lowest BCUT2D eigenvalue weighted by molar-refractivity contribution is -0.120. The molecule has 156 valence electrons. The van der Waals surface area contributed by atoms with Crippen molar-refractivity contribution in [3.05, 3.63) is 99.7 Å². The highest BCUT2D eigenvalue weighted by molar-refractivity contribution is 6.46. The van der Waals surface area contributed by atoms with Crippen LogP contribution >= 0.6 is 11.6 Å². The SMILES string of the molecule is Cc1ccc(C2=C(Nc3cccc(F)c3)C(=O)N(c3ccc(F)c(Cl)c3)C2=O)c(C)c1. The Labute approximate surface area is 182 Å². The first kappa shape index (κ1) is 20.8. The van der Waals surface area contributed by atoms with Gasteiger partial charge in [-0.2, -0.15) is 0 Å². The number of nitrogens with one attached hydrogen (secondary N) is 1. The van der Waals surface area contributed by atoms with Crippen LogP contribution in [0.15, 0.2) is 66.4 Å². The number of carbonyl (C=O) groups is 2. The average Bonchev–Trinajstić information content (AvgIpc) is 2.94. The minimum Gasteiger partial charge on any atom is -0.350 e. The fraction of sp³-hybridized carbons (Fsp3) is 0.0833. The number of rotatable bonds is 4. The zero-order valence-corrected chi connectivity index (χ0v) is 17.4. The number of nitrogens with zero attached hydrogens (tertiary/aromatic N) is 1. The van der Waals surface area contributed by atoms with E-state index in [2.05, 4.69) is 5.32 Å². The van der Waals surface area contributed by atoms with Crippen LogP contribution in [0.1, 0.15) is 16.7 Å². The summed E-state index contributed by atoms with van der Waals surface area (Å²) >= 11 is 5.87. The average molecular weight is 439 g/mol. The van der Waals surface area contributed by atoms with E-state index in [0.29, 0.717) is 11.3 Å². The lowest BCUT2D eigenvalue weighted by Crippen LogP contribution is -2.32. The van der Waals surface area contributed by atoms with Crippen molar-refractivity contribution >= 4 is 40.4 Å². The highest BCUT2D eigenvalue weighted by atomic mass is 35.5. The molecule has 0 saturated heterocycles. The number of hydrogen-bond acceptors (Lipinski definition) is 3. The van der Waals surface area contributed by atoms with Crippen molar-refractivity contribution in [2.75, 3.05) is 10.2 Å². The van der Waals surface area contributed by atoms with E-state index in [-0.39, 0.29) is 22.0 Å². The van der Waals surface area contributed by atoms with Gasteiger partial charge in [0.1, 0.15) is 17.3 Å². The van der Waals surface area contributed by atoms with Crippen LogP contribution in [0.4, 0.5) is 20.2 Å². The minimum atomic E-state index is -0.662. The Kier molecular flexibility index (Phi) is 5.33. The van der Waals surface area contributed by atoms with Crippen LogP contribution in [0.3, 0.4) is 0 Å². The molecule has 0 saturated carbocycles. The van der Waals surface area contributed by atoms with Gasteiger partial charge >= 0.3 is 0 Å². The number of halogens is 3. The predicted molar refractivity (Wildman–Crippen MR) is 117 cm³/mol. The molecule has 2 amide bonds. The lowest BCUT2D eigenvalue weighted by Gasteiger charge is -2.16. The molecule has 1 aliphatic rings. The summed E-state index contributed by atoms with van der Waals surface area (Å²) in [4.78, 5) is 27.7. The van der Waals surface area contributed by atoms with Crippen LogP contribution in [0, 0.1) is 25.5 Å². The second-order valence-corrected chi connectivity index (χ2v) is 7.66. The molecule has 0 bridgehead atoms. The Hall–Kier alpha value is -3.51. The topological polar surface area (TPSA) is 49.4 Å². The Morgan fingerprint density at radius 1 is 0.903 bits per heavy atom. The summed E-state index contributed by atoms with van der Waals surface area (Å²) in [6.45, 7) is 3.76. The fourth-order valence-electron chi connectivity index (χ4n) is 3.56. The zero-order chi connectivity index (χ0) is 22.3. The molecule has 0 fully saturated rings. The van der Waals surface area contributed by atoms with Crippen molar-refractivity contribution < 1.29 is 18.4 Å². The standard InChI is InChI=1S/C24H17ClF2N2O2/c1-13-6-8-18(14(2)10-13)21-22(28-16-5-3-4-15(26)11-16)24(31)29(23(21)30)17-7-9-20(27)19(25)12-17/h3-12,28H,1-2H3. The third-order valence-corrected chi connectivity index (χ3v) is 5.28. The Balaban J connectivity index is 1.87. The van der Waals surface area contributed by atoms with Gasteiger partial charge in [0.2, 0.25) is 0 Å². The largest absolute Gasteiger partial charge is 0.350 e. The number of carbonyl (C=O) groups excluding carboxylic acids is 2. The number of imide groups is 1. The lowest BCUT2D eigenvalue weighted by atomic mass is 9.97. The van der Waals surface area contributed by atoms with Gasteiger partial charge in [-0.25, -0.2) is 13.7 Å². The highest BCUT2D eigenvalue weighted by Gasteiger charge is 2.41. The predicted octanol–water partition coefficient (Wildman–Crippen LogP) is 5.63. The Morgan fingerprint density at radius 3 is 2.35 bits per heavy atom. The van der Waals surface area contributed by atoms with Crippen molar-refractivity contribution in [3.63, 3.8) is 0 Å². The third-order valence-electron chi connectivity index (χ3n) is 4.99. The van der Waals surface area contributed by atoms with Gasteiger partial charge in [-0.3, -0.25) is 9.59 Å². The molecule has 0 spiro atoms. The number of hydrogen-bond donors (Lipinski definition) is 1. The fourth-order valence-corrected chi connectivity index (χ4v) is 3.73. The first-order chi connectivity index (χ1) is 14.8. The summed E-state index contributed by atoms with van der Waals surface area (Å²) in [7, 11) is 0. The van der Waals surface area contributed by atoms with E-state index < -0.39 is 23.4 Å². The molecule has 1 heterocycles. The van der Waals surface area contributed by atoms with Gasteiger partial charge in [0.15, 0.2) is 0 Å². The molecule has 31 heavy (non-hydrogen) atoms. The van der Waals surface area contributed by atoms with Crippen LogP contribution in [-0.2, 0) is 9.59 Å². The normalized spacial score (nSPS) is 13.9. The van der Waals surface area contributed by atoms with Gasteiger partial charge in [0.25, 0.3) is 11.8 Å². The van der Waals surface area contributed by atoms with Crippen LogP contribution in [0.2, 0.25) is 5.02 Å². The molecule has 0 unspecified atom stereocenters. The smallest absolute Gasteiger partial charge is 0.282 e. The van der Waals surface area contributed by atoms with Crippen LogP contribution in [0.5, 0.6) is 0 Å². The van der Waals surface area contributed by atoms with E-state index in [1.807, 2.05) is 26.0 Å². The van der Waals surface area contributed by atoms with Gasteiger partial charge in [0, 0.05) is 5.69 Å². The molecule has 1 N–H and O–H groups in total. The third kappa shape index (κ3) is 3.82. The van der Waals surface area contributed by atoms with Gasteiger partial charge in [-0.05, 0) is 61.4 Å². The summed E-state index contributed by atoms with van der Waals surface area (Å²) in [5, 5.41) is 2.69. The molecule has 0 aliphatic carbocycles. The minimum absolute atomic E-state index is 0.00278. The maximum atomic E-state index is 13.7. The molecule has 3 aromatic carbocycles.